The van der Waals surface area contributed by atoms with Crippen molar-refractivity contribution in [2.75, 3.05) is 19.6 Å². The second kappa shape index (κ2) is 12.1. The summed E-state index contributed by atoms with van der Waals surface area (Å²) in [5.41, 5.74) is -5.72. The molecule has 0 radical (unpaired) electrons. The van der Waals surface area contributed by atoms with Crippen LogP contribution in [0.25, 0.3) is 10.1 Å². The normalized spacial score (nSPS) is 21.9. The Hall–Kier alpha value is -2.40. The number of hydrogen-bond acceptors (Lipinski definition) is 5. The van der Waals surface area contributed by atoms with E-state index in [1.165, 1.54) is 37.8 Å². The summed E-state index contributed by atoms with van der Waals surface area (Å²) >= 11 is 1.03. The molecule has 9 nitrogen and oxygen atoms in total. The van der Waals surface area contributed by atoms with Crippen LogP contribution in [0.15, 0.2) is 24.3 Å². The molecule has 1 aliphatic carbocycles. The van der Waals surface area contributed by atoms with Crippen molar-refractivity contribution >= 4 is 46.7 Å². The van der Waals surface area contributed by atoms with Gasteiger partial charge in [0.2, 0.25) is 11.8 Å². The number of halogens is 2. The maximum Gasteiger partial charge on any atom is 0.399 e. The minimum atomic E-state index is -5.75. The lowest BCUT2D eigenvalue weighted by molar-refractivity contribution is -0.145. The zero-order chi connectivity index (χ0) is 32.1. The van der Waals surface area contributed by atoms with Crippen LogP contribution in [0.2, 0.25) is 0 Å². The van der Waals surface area contributed by atoms with E-state index in [0.717, 1.165) is 49.3 Å². The topological polar surface area (TPSA) is 127 Å². The predicted octanol–water partition coefficient (Wildman–Crippen LogP) is 5.84. The fourth-order valence-corrected chi connectivity index (χ4v) is 8.46. The summed E-state index contributed by atoms with van der Waals surface area (Å²) in [6.45, 7) is 7.39. The van der Waals surface area contributed by atoms with Gasteiger partial charge >= 0.3 is 13.3 Å². The largest absolute Gasteiger partial charge is 0.399 e. The monoisotopic (exact) mass is 653 g/mol. The summed E-state index contributed by atoms with van der Waals surface area (Å²) in [6, 6.07) is 3.05. The molecule has 1 saturated carbocycles. The molecule has 44 heavy (non-hydrogen) atoms. The Morgan fingerprint density at radius 1 is 1.02 bits per heavy atom. The van der Waals surface area contributed by atoms with Crippen LogP contribution in [0.1, 0.15) is 93.8 Å². The van der Waals surface area contributed by atoms with Crippen molar-refractivity contribution in [1.82, 2.24) is 15.1 Å². The fourth-order valence-electron chi connectivity index (χ4n) is 7.04. The molecule has 13 heteroatoms. The lowest BCUT2D eigenvalue weighted by Crippen LogP contribution is -2.57. The van der Waals surface area contributed by atoms with Crippen molar-refractivity contribution in [2.24, 2.45) is 10.8 Å². The first-order valence-electron chi connectivity index (χ1n) is 15.4. The second-order valence-electron chi connectivity index (χ2n) is 13.8. The Labute approximate surface area is 260 Å². The van der Waals surface area contributed by atoms with Gasteiger partial charge in [0.05, 0.1) is 4.88 Å². The molecule has 3 heterocycles. The number of thiophene rings is 1. The number of rotatable bonds is 6. The number of carbonyl (C=O) groups is 3. The highest BCUT2D eigenvalue weighted by Crippen LogP contribution is 2.59. The molecule has 0 bridgehead atoms. The van der Waals surface area contributed by atoms with Crippen molar-refractivity contribution < 1.29 is 37.5 Å². The van der Waals surface area contributed by atoms with Crippen LogP contribution in [0.4, 0.5) is 8.78 Å². The van der Waals surface area contributed by atoms with Crippen LogP contribution in [-0.4, -0.2) is 69.0 Å². The van der Waals surface area contributed by atoms with Crippen molar-refractivity contribution in [2.45, 2.75) is 96.3 Å². The smallest absolute Gasteiger partial charge is 0.340 e. The van der Waals surface area contributed by atoms with Gasteiger partial charge < -0.3 is 24.9 Å². The Morgan fingerprint density at radius 2 is 1.70 bits per heavy atom. The summed E-state index contributed by atoms with van der Waals surface area (Å²) in [5, 5.41) is 3.07. The van der Waals surface area contributed by atoms with E-state index >= 15 is 0 Å². The number of benzene rings is 1. The maximum absolute atomic E-state index is 14.3. The van der Waals surface area contributed by atoms with Gasteiger partial charge in [-0.3, -0.25) is 18.9 Å². The second-order valence-corrected chi connectivity index (χ2v) is 16.6. The Kier molecular flexibility index (Phi) is 9.05. The summed E-state index contributed by atoms with van der Waals surface area (Å²) in [5.74, 6) is -0.905. The van der Waals surface area contributed by atoms with Crippen LogP contribution in [0.5, 0.6) is 0 Å². The molecule has 2 atom stereocenters. The van der Waals surface area contributed by atoms with E-state index < -0.39 is 42.2 Å². The average Bonchev–Trinajstić information content (AvgIpc) is 3.66. The van der Waals surface area contributed by atoms with Crippen molar-refractivity contribution in [1.29, 1.82) is 0 Å². The molecule has 242 valence electrons. The van der Waals surface area contributed by atoms with Crippen molar-refractivity contribution in [3.05, 3.63) is 34.7 Å². The number of fused-ring (bicyclic) bond motifs is 1. The molecule has 2 aliphatic heterocycles. The number of amides is 3. The van der Waals surface area contributed by atoms with Gasteiger partial charge in [0.15, 0.2) is 0 Å². The van der Waals surface area contributed by atoms with Crippen LogP contribution in [0, 0.1) is 10.8 Å². The first-order chi connectivity index (χ1) is 20.5. The minimum Gasteiger partial charge on any atom is -0.340 e. The first-order valence-corrected chi connectivity index (χ1v) is 17.8. The van der Waals surface area contributed by atoms with E-state index in [1.807, 2.05) is 25.7 Å². The standard InChI is InChI=1S/C31H42F2N3O6PS/c1-29(2,3)25(34-26(37)24-18-20-17-21(10-11-23(20)44-24)31(32,33)43(40,41)42)28(39)36-15-8-9-22(36)27(38)35-16-14-30(19-35)12-6-4-5-7-13-30/h10-11,17-18,22,25H,4-9,12-16,19H2,1-3H3,(H,34,37)(H2,40,41,42). The molecule has 2 saturated heterocycles. The number of alkyl halides is 2. The first kappa shape index (κ1) is 33.0. The minimum absolute atomic E-state index is 0.0108. The molecule has 1 spiro atoms. The highest BCUT2D eigenvalue weighted by atomic mass is 32.1. The SMILES string of the molecule is CC(C)(C)C(NC(=O)c1cc2cc(C(F)(F)P(=O)(O)O)ccc2s1)C(=O)N1CCCC1C(=O)N1CCC2(CCCCCC2)C1. The molecule has 3 aliphatic rings. The van der Waals surface area contributed by atoms with E-state index in [1.54, 1.807) is 4.90 Å². The van der Waals surface area contributed by atoms with E-state index in [9.17, 15) is 27.7 Å². The summed E-state index contributed by atoms with van der Waals surface area (Å²) in [6.07, 6.45) is 9.47. The zero-order valence-electron chi connectivity index (χ0n) is 25.5. The lowest BCUT2D eigenvalue weighted by atomic mass is 9.80. The molecule has 5 rings (SSSR count). The molecule has 1 aromatic heterocycles. The quantitative estimate of drug-likeness (QED) is 0.337. The van der Waals surface area contributed by atoms with E-state index in [4.69, 9.17) is 9.79 Å². The van der Waals surface area contributed by atoms with Gasteiger partial charge in [0.25, 0.3) is 5.91 Å². The third-order valence-electron chi connectivity index (χ3n) is 9.58. The number of nitrogens with one attached hydrogen (secondary N) is 1. The number of hydrogen-bond donors (Lipinski definition) is 3. The highest BCUT2D eigenvalue weighted by molar-refractivity contribution is 7.52. The van der Waals surface area contributed by atoms with Crippen LogP contribution < -0.4 is 5.32 Å². The molecular weight excluding hydrogens is 611 g/mol. The predicted molar refractivity (Wildman–Crippen MR) is 165 cm³/mol. The fraction of sp³-hybridized carbons (Fsp3) is 0.645. The molecule has 3 N–H and O–H groups in total. The molecular formula is C31H42F2N3O6PS. The molecule has 3 fully saturated rings. The van der Waals surface area contributed by atoms with Gasteiger partial charge in [0, 0.05) is 29.9 Å². The molecule has 2 unspecified atom stereocenters. The summed E-state index contributed by atoms with van der Waals surface area (Å²) in [4.78, 5) is 63.2. The van der Waals surface area contributed by atoms with E-state index in [2.05, 4.69) is 5.32 Å². The zero-order valence-corrected chi connectivity index (χ0v) is 27.2. The Morgan fingerprint density at radius 3 is 2.34 bits per heavy atom. The van der Waals surface area contributed by atoms with Gasteiger partial charge in [-0.05, 0) is 66.5 Å². The van der Waals surface area contributed by atoms with Gasteiger partial charge in [-0.1, -0.05) is 52.5 Å². The van der Waals surface area contributed by atoms with E-state index in [-0.39, 0.29) is 27.5 Å². The Balaban J connectivity index is 1.32. The Bertz CT molecular complexity index is 1480. The molecule has 2 aromatic rings. The third kappa shape index (κ3) is 6.46. The van der Waals surface area contributed by atoms with Gasteiger partial charge in [0.1, 0.15) is 12.1 Å². The number of nitrogens with zero attached hydrogens (tertiary/aromatic N) is 2. The van der Waals surface area contributed by atoms with Gasteiger partial charge in [-0.25, -0.2) is 0 Å². The number of likely N-dealkylation sites (tertiary alicyclic amines) is 2. The lowest BCUT2D eigenvalue weighted by Gasteiger charge is -2.36. The summed E-state index contributed by atoms with van der Waals surface area (Å²) in [7, 11) is -5.75. The molecule has 1 aromatic carbocycles. The third-order valence-corrected chi connectivity index (χ3v) is 11.7. The van der Waals surface area contributed by atoms with Gasteiger partial charge in [-0.15, -0.1) is 11.3 Å². The van der Waals surface area contributed by atoms with Crippen LogP contribution in [-0.2, 0) is 19.8 Å². The van der Waals surface area contributed by atoms with Crippen molar-refractivity contribution in [3.8, 4) is 0 Å². The average molecular weight is 654 g/mol. The van der Waals surface area contributed by atoms with E-state index in [0.29, 0.717) is 30.6 Å². The van der Waals surface area contributed by atoms with Crippen LogP contribution >= 0.6 is 18.9 Å². The maximum atomic E-state index is 14.3. The number of carbonyl (C=O) groups excluding carboxylic acids is 3. The highest BCUT2D eigenvalue weighted by Gasteiger charge is 2.50. The summed E-state index contributed by atoms with van der Waals surface area (Å²) < 4.78 is 40.4. The van der Waals surface area contributed by atoms with Crippen molar-refractivity contribution in [3.63, 3.8) is 0 Å². The van der Waals surface area contributed by atoms with Gasteiger partial charge in [-0.2, -0.15) is 8.78 Å². The molecule has 3 amide bonds. The van der Waals surface area contributed by atoms with Crippen LogP contribution in [0.3, 0.4) is 0 Å².